The summed E-state index contributed by atoms with van der Waals surface area (Å²) in [4.78, 5) is 16.6. The molecule has 0 fully saturated rings. The maximum Gasteiger partial charge on any atom is 0.274 e. The topological polar surface area (TPSA) is 68.0 Å². The van der Waals surface area contributed by atoms with Crippen LogP contribution in [0.1, 0.15) is 10.5 Å². The molecular formula is C16H12ClN3O. The molecule has 0 aliphatic heterocycles. The number of carbonyl (C=O) groups excluding carboxylic acids is 1. The SMILES string of the molecule is Nc1ccc(Cl)cc1NC(=O)c1ccc2ccccc2n1. The number of anilines is 2. The van der Waals surface area contributed by atoms with Crippen molar-refractivity contribution in [2.45, 2.75) is 0 Å². The molecule has 0 aliphatic carbocycles. The Labute approximate surface area is 126 Å². The lowest BCUT2D eigenvalue weighted by atomic mass is 10.2. The van der Waals surface area contributed by atoms with Crippen LogP contribution in [0.15, 0.2) is 54.6 Å². The summed E-state index contributed by atoms with van der Waals surface area (Å²) in [7, 11) is 0. The highest BCUT2D eigenvalue weighted by atomic mass is 35.5. The average Bonchev–Trinajstić information content (AvgIpc) is 2.50. The van der Waals surface area contributed by atoms with E-state index in [0.717, 1.165) is 10.9 Å². The zero-order chi connectivity index (χ0) is 14.8. The molecule has 1 heterocycles. The van der Waals surface area contributed by atoms with Crippen LogP contribution in [0.4, 0.5) is 11.4 Å². The van der Waals surface area contributed by atoms with E-state index in [0.29, 0.717) is 22.1 Å². The summed E-state index contributed by atoms with van der Waals surface area (Å²) < 4.78 is 0. The molecule has 5 heteroatoms. The summed E-state index contributed by atoms with van der Waals surface area (Å²) in [5.74, 6) is -0.324. The molecule has 0 aliphatic rings. The van der Waals surface area contributed by atoms with Gasteiger partial charge in [0.1, 0.15) is 5.69 Å². The second-order valence-corrected chi connectivity index (χ2v) is 5.01. The van der Waals surface area contributed by atoms with Crippen LogP contribution in [0.3, 0.4) is 0 Å². The molecule has 3 N–H and O–H groups in total. The monoisotopic (exact) mass is 297 g/mol. The summed E-state index contributed by atoms with van der Waals surface area (Å²) in [5, 5.41) is 4.21. The minimum Gasteiger partial charge on any atom is -0.397 e. The van der Waals surface area contributed by atoms with Gasteiger partial charge in [0, 0.05) is 10.4 Å². The van der Waals surface area contributed by atoms with Gasteiger partial charge in [-0.05, 0) is 30.3 Å². The fourth-order valence-electron chi connectivity index (χ4n) is 2.02. The van der Waals surface area contributed by atoms with Crippen LogP contribution >= 0.6 is 11.6 Å². The number of nitrogens with one attached hydrogen (secondary N) is 1. The molecule has 3 aromatic rings. The number of para-hydroxylation sites is 1. The Balaban J connectivity index is 1.91. The van der Waals surface area contributed by atoms with Crippen molar-refractivity contribution in [1.29, 1.82) is 0 Å². The highest BCUT2D eigenvalue weighted by Gasteiger charge is 2.10. The molecule has 0 saturated carbocycles. The van der Waals surface area contributed by atoms with E-state index in [1.54, 1.807) is 24.3 Å². The standard InChI is InChI=1S/C16H12ClN3O/c17-11-6-7-12(18)15(9-11)20-16(21)14-8-5-10-3-1-2-4-13(10)19-14/h1-9H,18H2,(H,20,21). The molecular weight excluding hydrogens is 286 g/mol. The van der Waals surface area contributed by atoms with Crippen molar-refractivity contribution in [1.82, 2.24) is 4.98 Å². The first-order chi connectivity index (χ1) is 10.1. The quantitative estimate of drug-likeness (QED) is 0.708. The summed E-state index contributed by atoms with van der Waals surface area (Å²) in [6.45, 7) is 0. The lowest BCUT2D eigenvalue weighted by Gasteiger charge is -2.08. The van der Waals surface area contributed by atoms with E-state index in [9.17, 15) is 4.79 Å². The van der Waals surface area contributed by atoms with Crippen LogP contribution in [0.25, 0.3) is 10.9 Å². The number of aromatic nitrogens is 1. The van der Waals surface area contributed by atoms with Gasteiger partial charge < -0.3 is 11.1 Å². The lowest BCUT2D eigenvalue weighted by molar-refractivity contribution is 0.102. The van der Waals surface area contributed by atoms with E-state index in [1.807, 2.05) is 30.3 Å². The summed E-state index contributed by atoms with van der Waals surface area (Å²) in [6.07, 6.45) is 0. The summed E-state index contributed by atoms with van der Waals surface area (Å²) in [6, 6.07) is 16.1. The largest absolute Gasteiger partial charge is 0.397 e. The fraction of sp³-hybridized carbons (Fsp3) is 0. The Bertz CT molecular complexity index is 833. The molecule has 1 aromatic heterocycles. The predicted molar refractivity (Wildman–Crippen MR) is 85.6 cm³/mol. The molecule has 0 atom stereocenters. The van der Waals surface area contributed by atoms with E-state index in [-0.39, 0.29) is 5.91 Å². The number of halogens is 1. The van der Waals surface area contributed by atoms with Crippen LogP contribution in [-0.4, -0.2) is 10.9 Å². The van der Waals surface area contributed by atoms with Crippen molar-refractivity contribution in [2.24, 2.45) is 0 Å². The third kappa shape index (κ3) is 2.80. The first-order valence-electron chi connectivity index (χ1n) is 6.36. The minimum absolute atomic E-state index is 0.324. The predicted octanol–water partition coefficient (Wildman–Crippen LogP) is 3.72. The third-order valence-electron chi connectivity index (χ3n) is 3.09. The van der Waals surface area contributed by atoms with Gasteiger partial charge in [-0.2, -0.15) is 0 Å². The van der Waals surface area contributed by atoms with Gasteiger partial charge >= 0.3 is 0 Å². The van der Waals surface area contributed by atoms with Crippen LogP contribution in [-0.2, 0) is 0 Å². The molecule has 0 radical (unpaired) electrons. The van der Waals surface area contributed by atoms with Crippen molar-refractivity contribution in [3.63, 3.8) is 0 Å². The first kappa shape index (κ1) is 13.4. The van der Waals surface area contributed by atoms with Crippen LogP contribution in [0.5, 0.6) is 0 Å². The Hall–Kier alpha value is -2.59. The van der Waals surface area contributed by atoms with E-state index in [4.69, 9.17) is 17.3 Å². The number of rotatable bonds is 2. The molecule has 21 heavy (non-hydrogen) atoms. The van der Waals surface area contributed by atoms with E-state index in [2.05, 4.69) is 10.3 Å². The van der Waals surface area contributed by atoms with Crippen LogP contribution < -0.4 is 11.1 Å². The lowest BCUT2D eigenvalue weighted by Crippen LogP contribution is -2.14. The van der Waals surface area contributed by atoms with Gasteiger partial charge in [0.2, 0.25) is 0 Å². The summed E-state index contributed by atoms with van der Waals surface area (Å²) >= 11 is 5.90. The molecule has 0 bridgehead atoms. The Morgan fingerprint density at radius 1 is 1.10 bits per heavy atom. The molecule has 0 unspecified atom stereocenters. The van der Waals surface area contributed by atoms with Gasteiger partial charge in [0.25, 0.3) is 5.91 Å². The Morgan fingerprint density at radius 3 is 2.76 bits per heavy atom. The molecule has 2 aromatic carbocycles. The molecule has 1 amide bonds. The van der Waals surface area contributed by atoms with Crippen molar-refractivity contribution in [2.75, 3.05) is 11.1 Å². The number of nitrogen functional groups attached to an aromatic ring is 1. The van der Waals surface area contributed by atoms with Gasteiger partial charge in [0.15, 0.2) is 0 Å². The Kier molecular flexibility index (Phi) is 3.46. The number of pyridine rings is 1. The van der Waals surface area contributed by atoms with E-state index < -0.39 is 0 Å². The fourth-order valence-corrected chi connectivity index (χ4v) is 2.19. The van der Waals surface area contributed by atoms with Crippen molar-refractivity contribution in [3.05, 3.63) is 65.3 Å². The molecule has 4 nitrogen and oxygen atoms in total. The van der Waals surface area contributed by atoms with Gasteiger partial charge in [-0.1, -0.05) is 35.9 Å². The number of hydrogen-bond donors (Lipinski definition) is 2. The first-order valence-corrected chi connectivity index (χ1v) is 6.73. The van der Waals surface area contributed by atoms with Gasteiger partial charge in [-0.15, -0.1) is 0 Å². The average molecular weight is 298 g/mol. The smallest absolute Gasteiger partial charge is 0.274 e. The van der Waals surface area contributed by atoms with Crippen molar-refractivity contribution >= 4 is 39.8 Å². The number of hydrogen-bond acceptors (Lipinski definition) is 3. The minimum atomic E-state index is -0.324. The number of amides is 1. The highest BCUT2D eigenvalue weighted by Crippen LogP contribution is 2.23. The van der Waals surface area contributed by atoms with Gasteiger partial charge in [-0.3, -0.25) is 4.79 Å². The summed E-state index contributed by atoms with van der Waals surface area (Å²) in [5.41, 5.74) is 7.83. The third-order valence-corrected chi connectivity index (χ3v) is 3.33. The zero-order valence-corrected chi connectivity index (χ0v) is 11.8. The number of nitrogens with zero attached hydrogens (tertiary/aromatic N) is 1. The van der Waals surface area contributed by atoms with Crippen LogP contribution in [0.2, 0.25) is 5.02 Å². The molecule has 104 valence electrons. The van der Waals surface area contributed by atoms with Gasteiger partial charge in [-0.25, -0.2) is 4.98 Å². The number of fused-ring (bicyclic) bond motifs is 1. The highest BCUT2D eigenvalue weighted by molar-refractivity contribution is 6.31. The van der Waals surface area contributed by atoms with Crippen molar-refractivity contribution < 1.29 is 4.79 Å². The number of nitrogens with two attached hydrogens (primary N) is 1. The normalized spacial score (nSPS) is 10.5. The molecule has 0 spiro atoms. The number of benzene rings is 2. The molecule has 3 rings (SSSR count). The maximum absolute atomic E-state index is 12.2. The van der Waals surface area contributed by atoms with Gasteiger partial charge in [0.05, 0.1) is 16.9 Å². The Morgan fingerprint density at radius 2 is 1.90 bits per heavy atom. The van der Waals surface area contributed by atoms with E-state index >= 15 is 0 Å². The number of carbonyl (C=O) groups is 1. The second kappa shape index (κ2) is 5.42. The maximum atomic E-state index is 12.2. The van der Waals surface area contributed by atoms with Crippen LogP contribution in [0, 0.1) is 0 Å². The van der Waals surface area contributed by atoms with E-state index in [1.165, 1.54) is 0 Å². The zero-order valence-electron chi connectivity index (χ0n) is 11.0. The second-order valence-electron chi connectivity index (χ2n) is 4.57. The van der Waals surface area contributed by atoms with Crippen molar-refractivity contribution in [3.8, 4) is 0 Å². The molecule has 0 saturated heterocycles.